The first-order chi connectivity index (χ1) is 14.1. The Balaban J connectivity index is 1.59. The van der Waals surface area contributed by atoms with Crippen molar-refractivity contribution in [3.63, 3.8) is 0 Å². The van der Waals surface area contributed by atoms with Gasteiger partial charge >= 0.3 is 0 Å². The van der Waals surface area contributed by atoms with Gasteiger partial charge in [-0.3, -0.25) is 0 Å². The highest BCUT2D eigenvalue weighted by atomic mass is 35.5. The molecule has 1 saturated carbocycles. The van der Waals surface area contributed by atoms with Crippen LogP contribution in [0.15, 0.2) is 84.7 Å². The number of rotatable bonds is 6. The summed E-state index contributed by atoms with van der Waals surface area (Å²) in [5.74, 6) is 0.109. The zero-order valence-electron chi connectivity index (χ0n) is 15.6. The van der Waals surface area contributed by atoms with Crippen LogP contribution in [-0.4, -0.2) is 0 Å². The highest BCUT2D eigenvalue weighted by Crippen LogP contribution is 2.44. The molecule has 1 aliphatic rings. The molecule has 0 spiro atoms. The van der Waals surface area contributed by atoms with Crippen molar-refractivity contribution in [3.8, 4) is 11.5 Å². The van der Waals surface area contributed by atoms with Gasteiger partial charge in [0.25, 0.3) is 0 Å². The summed E-state index contributed by atoms with van der Waals surface area (Å²) in [6, 6.07) is 20.7. The number of benzene rings is 3. The van der Waals surface area contributed by atoms with Gasteiger partial charge in [0.1, 0.15) is 11.6 Å². The highest BCUT2D eigenvalue weighted by Gasteiger charge is 2.29. The Morgan fingerprint density at radius 2 is 1.69 bits per heavy atom. The van der Waals surface area contributed by atoms with E-state index in [0.717, 1.165) is 18.4 Å². The van der Waals surface area contributed by atoms with Crippen molar-refractivity contribution in [1.29, 1.82) is 0 Å². The standard InChI is InChI=1S/C25H19ClF2O/c26-20-12-10-19(11-13-20)25(18-8-9-18)23(28)15-7-17-6-14-22(27)24(16-17)29-21-4-2-1-3-5-21/h1-7,10-16,18H,8-9H2/b15-7+,25-23-. The first kappa shape index (κ1) is 19.4. The van der Waals surface area contributed by atoms with Crippen LogP contribution in [0.3, 0.4) is 0 Å². The van der Waals surface area contributed by atoms with E-state index < -0.39 is 5.82 Å². The summed E-state index contributed by atoms with van der Waals surface area (Å²) in [5, 5.41) is 0.622. The van der Waals surface area contributed by atoms with Gasteiger partial charge in [-0.25, -0.2) is 8.78 Å². The molecule has 0 unspecified atom stereocenters. The van der Waals surface area contributed by atoms with E-state index in [1.165, 1.54) is 12.1 Å². The monoisotopic (exact) mass is 408 g/mol. The summed E-state index contributed by atoms with van der Waals surface area (Å²) in [6.07, 6.45) is 5.02. The van der Waals surface area contributed by atoms with Crippen LogP contribution in [0.5, 0.6) is 11.5 Å². The molecular formula is C25H19ClF2O. The molecule has 0 saturated heterocycles. The Bertz CT molecular complexity index is 1050. The summed E-state index contributed by atoms with van der Waals surface area (Å²) >= 11 is 5.95. The normalized spacial score (nSPS) is 14.7. The molecule has 1 aliphatic carbocycles. The molecule has 1 nitrogen and oxygen atoms in total. The first-order valence-corrected chi connectivity index (χ1v) is 9.84. The Morgan fingerprint density at radius 1 is 0.966 bits per heavy atom. The van der Waals surface area contributed by atoms with Gasteiger partial charge in [0.2, 0.25) is 0 Å². The van der Waals surface area contributed by atoms with Crippen molar-refractivity contribution < 1.29 is 13.5 Å². The second-order valence-corrected chi connectivity index (χ2v) is 7.42. The number of hydrogen-bond donors (Lipinski definition) is 0. The van der Waals surface area contributed by atoms with Crippen molar-refractivity contribution in [2.24, 2.45) is 5.92 Å². The van der Waals surface area contributed by atoms with Gasteiger partial charge in [-0.05, 0) is 77.9 Å². The average molecular weight is 409 g/mol. The van der Waals surface area contributed by atoms with E-state index in [9.17, 15) is 4.39 Å². The van der Waals surface area contributed by atoms with Crippen LogP contribution < -0.4 is 4.74 Å². The van der Waals surface area contributed by atoms with E-state index in [4.69, 9.17) is 16.3 Å². The molecule has 0 amide bonds. The van der Waals surface area contributed by atoms with Crippen LogP contribution in [-0.2, 0) is 0 Å². The van der Waals surface area contributed by atoms with Crippen LogP contribution in [0.1, 0.15) is 24.0 Å². The fraction of sp³-hybridized carbons (Fsp3) is 0.120. The third-order valence-corrected chi connectivity index (χ3v) is 5.00. The van der Waals surface area contributed by atoms with Crippen molar-refractivity contribution in [1.82, 2.24) is 0 Å². The van der Waals surface area contributed by atoms with Crippen LogP contribution in [0.4, 0.5) is 8.78 Å². The molecule has 0 heterocycles. The van der Waals surface area contributed by atoms with E-state index in [2.05, 4.69) is 0 Å². The zero-order valence-corrected chi connectivity index (χ0v) is 16.4. The highest BCUT2D eigenvalue weighted by molar-refractivity contribution is 6.30. The third kappa shape index (κ3) is 4.93. The quantitative estimate of drug-likeness (QED) is 0.374. The minimum absolute atomic E-state index is 0.0999. The summed E-state index contributed by atoms with van der Waals surface area (Å²) in [5.41, 5.74) is 2.19. The van der Waals surface area contributed by atoms with Crippen molar-refractivity contribution in [3.05, 3.63) is 107 Å². The summed E-state index contributed by atoms with van der Waals surface area (Å²) < 4.78 is 34.7. The number of halogens is 3. The van der Waals surface area contributed by atoms with Gasteiger partial charge in [-0.1, -0.05) is 54.1 Å². The maximum absolute atomic E-state index is 15.0. The lowest BCUT2D eigenvalue weighted by molar-refractivity contribution is 0.442. The lowest BCUT2D eigenvalue weighted by Crippen LogP contribution is -1.90. The van der Waals surface area contributed by atoms with Crippen LogP contribution in [0.25, 0.3) is 11.6 Å². The summed E-state index contributed by atoms with van der Waals surface area (Å²) in [4.78, 5) is 0. The largest absolute Gasteiger partial charge is 0.454 e. The fourth-order valence-electron chi connectivity index (χ4n) is 3.15. The average Bonchev–Trinajstić information content (AvgIpc) is 3.56. The van der Waals surface area contributed by atoms with E-state index in [1.54, 1.807) is 42.5 Å². The van der Waals surface area contributed by atoms with Crippen LogP contribution in [0.2, 0.25) is 5.02 Å². The number of hydrogen-bond acceptors (Lipinski definition) is 1. The topological polar surface area (TPSA) is 9.23 Å². The smallest absolute Gasteiger partial charge is 0.165 e. The van der Waals surface area contributed by atoms with Gasteiger partial charge in [0.05, 0.1) is 0 Å². The second kappa shape index (κ2) is 8.62. The molecule has 4 heteroatoms. The van der Waals surface area contributed by atoms with Gasteiger partial charge < -0.3 is 4.74 Å². The van der Waals surface area contributed by atoms with Gasteiger partial charge in [-0.2, -0.15) is 0 Å². The maximum Gasteiger partial charge on any atom is 0.165 e. The first-order valence-electron chi connectivity index (χ1n) is 9.46. The predicted molar refractivity (Wildman–Crippen MR) is 114 cm³/mol. The molecular weight excluding hydrogens is 390 g/mol. The molecule has 3 aromatic rings. The lowest BCUT2D eigenvalue weighted by atomic mass is 10.00. The minimum atomic E-state index is -0.471. The van der Waals surface area contributed by atoms with Gasteiger partial charge in [-0.15, -0.1) is 0 Å². The molecule has 0 radical (unpaired) electrons. The molecule has 0 bridgehead atoms. The summed E-state index contributed by atoms with van der Waals surface area (Å²) in [6.45, 7) is 0. The Kier molecular flexibility index (Phi) is 5.77. The number of para-hydroxylation sites is 1. The number of allylic oxidation sites excluding steroid dienone is 3. The summed E-state index contributed by atoms with van der Waals surface area (Å²) in [7, 11) is 0. The minimum Gasteiger partial charge on any atom is -0.454 e. The Hall–Kier alpha value is -2.91. The zero-order chi connectivity index (χ0) is 20.2. The van der Waals surface area contributed by atoms with Gasteiger partial charge in [0, 0.05) is 5.02 Å². The molecule has 0 aromatic heterocycles. The van der Waals surface area contributed by atoms with Gasteiger partial charge in [0.15, 0.2) is 11.6 Å². The molecule has 146 valence electrons. The van der Waals surface area contributed by atoms with E-state index in [-0.39, 0.29) is 17.5 Å². The second-order valence-electron chi connectivity index (χ2n) is 6.98. The Morgan fingerprint density at radius 3 is 2.38 bits per heavy atom. The fourth-order valence-corrected chi connectivity index (χ4v) is 3.27. The maximum atomic E-state index is 15.0. The van der Waals surface area contributed by atoms with E-state index in [1.807, 2.05) is 30.3 Å². The molecule has 0 atom stereocenters. The molecule has 0 aliphatic heterocycles. The molecule has 4 rings (SSSR count). The molecule has 29 heavy (non-hydrogen) atoms. The molecule has 0 N–H and O–H groups in total. The lowest BCUT2D eigenvalue weighted by Gasteiger charge is -2.08. The third-order valence-electron chi connectivity index (χ3n) is 4.75. The number of ether oxygens (including phenoxy) is 1. The molecule has 3 aromatic carbocycles. The van der Waals surface area contributed by atoms with E-state index >= 15 is 4.39 Å². The van der Waals surface area contributed by atoms with Crippen LogP contribution in [0, 0.1) is 11.7 Å². The van der Waals surface area contributed by atoms with Crippen molar-refractivity contribution >= 4 is 23.3 Å². The molecule has 1 fully saturated rings. The van der Waals surface area contributed by atoms with Crippen LogP contribution >= 0.6 is 11.6 Å². The van der Waals surface area contributed by atoms with Crippen molar-refractivity contribution in [2.75, 3.05) is 0 Å². The van der Waals surface area contributed by atoms with Crippen molar-refractivity contribution in [2.45, 2.75) is 12.8 Å². The predicted octanol–water partition coefficient (Wildman–Crippen LogP) is 8.08. The Labute approximate surface area is 173 Å². The van der Waals surface area contributed by atoms with E-state index in [0.29, 0.717) is 21.9 Å². The SMILES string of the molecule is FC(/C=C/c1ccc(F)c(Oc2ccccc2)c1)=C(\c1ccc(Cl)cc1)C1CC1.